The van der Waals surface area contributed by atoms with Crippen molar-refractivity contribution < 1.29 is 4.74 Å². The summed E-state index contributed by atoms with van der Waals surface area (Å²) < 4.78 is 7.72. The zero-order chi connectivity index (χ0) is 18.6. The van der Waals surface area contributed by atoms with Gasteiger partial charge in [0.2, 0.25) is 0 Å². The quantitative estimate of drug-likeness (QED) is 0.700. The van der Waals surface area contributed by atoms with Crippen molar-refractivity contribution in [2.45, 2.75) is 26.2 Å². The van der Waals surface area contributed by atoms with Gasteiger partial charge >= 0.3 is 0 Å². The van der Waals surface area contributed by atoms with E-state index in [9.17, 15) is 0 Å². The van der Waals surface area contributed by atoms with Crippen LogP contribution in [0, 0.1) is 18.3 Å². The Morgan fingerprint density at radius 1 is 1.07 bits per heavy atom. The normalized spacial score (nSPS) is 17.1. The first-order valence-electron chi connectivity index (χ1n) is 9.01. The summed E-state index contributed by atoms with van der Waals surface area (Å²) in [5.74, 6) is 0. The summed E-state index contributed by atoms with van der Waals surface area (Å²) in [6.45, 7) is 5.11. The molecule has 0 saturated carbocycles. The van der Waals surface area contributed by atoms with E-state index in [1.165, 1.54) is 11.1 Å². The second-order valence-corrected chi connectivity index (χ2v) is 6.83. The number of aryl methyl sites for hydroxylation is 1. The van der Waals surface area contributed by atoms with Crippen LogP contribution in [0.3, 0.4) is 0 Å². The van der Waals surface area contributed by atoms with E-state index in [1.54, 1.807) is 0 Å². The third-order valence-electron chi connectivity index (χ3n) is 4.73. The number of benzene rings is 2. The summed E-state index contributed by atoms with van der Waals surface area (Å²) in [5.41, 5.74) is 5.09. The van der Waals surface area contributed by atoms with E-state index in [0.717, 1.165) is 24.3 Å². The molecule has 3 aromatic rings. The van der Waals surface area contributed by atoms with Crippen molar-refractivity contribution in [2.75, 3.05) is 13.2 Å². The first-order valence-corrected chi connectivity index (χ1v) is 9.01. The highest BCUT2D eigenvalue weighted by Gasteiger charge is 2.29. The highest BCUT2D eigenvalue weighted by atomic mass is 16.5. The maximum Gasteiger partial charge on any atom is 0.157 e. The minimum absolute atomic E-state index is 0.166. The second kappa shape index (κ2) is 7.70. The molecule has 0 radical (unpaired) electrons. The summed E-state index contributed by atoms with van der Waals surface area (Å²) >= 11 is 0. The SMILES string of the molecule is Cc1ccc(CN2CCO[C@H]2c2cn(Cc3ccc(C#N)cc3)nn2)cc1. The molecule has 1 aliphatic heterocycles. The van der Waals surface area contributed by atoms with Crippen LogP contribution < -0.4 is 0 Å². The molecule has 0 bridgehead atoms. The average molecular weight is 359 g/mol. The molecule has 1 fully saturated rings. The van der Waals surface area contributed by atoms with Gasteiger partial charge < -0.3 is 4.74 Å². The Morgan fingerprint density at radius 3 is 2.52 bits per heavy atom. The van der Waals surface area contributed by atoms with E-state index >= 15 is 0 Å². The van der Waals surface area contributed by atoms with Crippen LogP contribution in [0.15, 0.2) is 54.7 Å². The highest BCUT2D eigenvalue weighted by Crippen LogP contribution is 2.27. The van der Waals surface area contributed by atoms with Gasteiger partial charge in [0.1, 0.15) is 5.69 Å². The van der Waals surface area contributed by atoms with Gasteiger partial charge in [0.25, 0.3) is 0 Å². The molecule has 0 unspecified atom stereocenters. The molecule has 2 aromatic carbocycles. The van der Waals surface area contributed by atoms with Crippen molar-refractivity contribution in [3.05, 3.63) is 82.7 Å². The molecule has 6 nitrogen and oxygen atoms in total. The zero-order valence-electron chi connectivity index (χ0n) is 15.2. The predicted molar refractivity (Wildman–Crippen MR) is 101 cm³/mol. The van der Waals surface area contributed by atoms with E-state index in [2.05, 4.69) is 52.5 Å². The van der Waals surface area contributed by atoms with Crippen LogP contribution in [0.1, 0.15) is 34.2 Å². The fourth-order valence-electron chi connectivity index (χ4n) is 3.24. The van der Waals surface area contributed by atoms with Gasteiger partial charge in [-0.25, -0.2) is 4.68 Å². The smallest absolute Gasteiger partial charge is 0.157 e. The Hall–Kier alpha value is -3.01. The minimum atomic E-state index is -0.166. The Kier molecular flexibility index (Phi) is 4.97. The third kappa shape index (κ3) is 4.05. The van der Waals surface area contributed by atoms with E-state index in [0.29, 0.717) is 18.7 Å². The number of hydrogen-bond acceptors (Lipinski definition) is 5. The van der Waals surface area contributed by atoms with Crippen LogP contribution in [0.2, 0.25) is 0 Å². The largest absolute Gasteiger partial charge is 0.356 e. The van der Waals surface area contributed by atoms with E-state index in [1.807, 2.05) is 35.1 Å². The maximum atomic E-state index is 8.89. The van der Waals surface area contributed by atoms with Crippen LogP contribution in [0.5, 0.6) is 0 Å². The van der Waals surface area contributed by atoms with Crippen LogP contribution in [0.4, 0.5) is 0 Å². The Bertz CT molecular complexity index is 940. The molecular weight excluding hydrogens is 338 g/mol. The molecule has 1 saturated heterocycles. The van der Waals surface area contributed by atoms with Crippen molar-refractivity contribution in [1.82, 2.24) is 19.9 Å². The molecule has 0 N–H and O–H groups in total. The van der Waals surface area contributed by atoms with Gasteiger partial charge in [0, 0.05) is 13.1 Å². The van der Waals surface area contributed by atoms with Crippen molar-refractivity contribution >= 4 is 0 Å². The standard InChI is InChI=1S/C21H21N5O/c1-16-2-4-18(5-3-16)13-25-10-11-27-21(25)20-15-26(24-23-20)14-19-8-6-17(12-22)7-9-19/h2-9,15,21H,10-11,13-14H2,1H3/t21-/m0/s1. The fourth-order valence-corrected chi connectivity index (χ4v) is 3.24. The minimum Gasteiger partial charge on any atom is -0.356 e. The molecule has 6 heteroatoms. The first kappa shape index (κ1) is 17.4. The van der Waals surface area contributed by atoms with Gasteiger partial charge in [0.05, 0.1) is 31.0 Å². The zero-order valence-corrected chi connectivity index (χ0v) is 15.2. The fraction of sp³-hybridized carbons (Fsp3) is 0.286. The second-order valence-electron chi connectivity index (χ2n) is 6.83. The predicted octanol–water partition coefficient (Wildman–Crippen LogP) is 3.04. The van der Waals surface area contributed by atoms with Gasteiger partial charge in [-0.05, 0) is 30.2 Å². The van der Waals surface area contributed by atoms with Crippen molar-refractivity contribution in [3.63, 3.8) is 0 Å². The third-order valence-corrected chi connectivity index (χ3v) is 4.73. The monoisotopic (exact) mass is 359 g/mol. The Morgan fingerprint density at radius 2 is 1.78 bits per heavy atom. The summed E-state index contributed by atoms with van der Waals surface area (Å²) in [7, 11) is 0. The number of nitrogens with zero attached hydrogens (tertiary/aromatic N) is 5. The number of ether oxygens (including phenoxy) is 1. The van der Waals surface area contributed by atoms with E-state index in [-0.39, 0.29) is 6.23 Å². The molecule has 0 aliphatic carbocycles. The van der Waals surface area contributed by atoms with Crippen LogP contribution in [0.25, 0.3) is 0 Å². The van der Waals surface area contributed by atoms with Gasteiger partial charge in [-0.15, -0.1) is 5.10 Å². The van der Waals surface area contributed by atoms with Gasteiger partial charge in [-0.3, -0.25) is 4.90 Å². The molecule has 27 heavy (non-hydrogen) atoms. The Labute approximate surface area is 158 Å². The summed E-state index contributed by atoms with van der Waals surface area (Å²) in [4.78, 5) is 2.28. The Balaban J connectivity index is 1.44. The molecule has 0 spiro atoms. The van der Waals surface area contributed by atoms with Crippen molar-refractivity contribution in [1.29, 1.82) is 5.26 Å². The lowest BCUT2D eigenvalue weighted by Gasteiger charge is -2.21. The molecule has 2 heterocycles. The number of nitriles is 1. The molecule has 1 aromatic heterocycles. The number of rotatable bonds is 5. The molecule has 0 amide bonds. The summed E-state index contributed by atoms with van der Waals surface area (Å²) in [5, 5.41) is 17.5. The first-order chi connectivity index (χ1) is 13.2. The average Bonchev–Trinajstić information content (AvgIpc) is 3.33. The van der Waals surface area contributed by atoms with Gasteiger partial charge in [-0.1, -0.05) is 47.2 Å². The topological polar surface area (TPSA) is 67.0 Å². The molecule has 136 valence electrons. The van der Waals surface area contributed by atoms with Crippen molar-refractivity contribution in [3.8, 4) is 6.07 Å². The summed E-state index contributed by atoms with van der Waals surface area (Å²) in [6.07, 6.45) is 1.78. The van der Waals surface area contributed by atoms with Crippen molar-refractivity contribution in [2.24, 2.45) is 0 Å². The summed E-state index contributed by atoms with van der Waals surface area (Å²) in [6, 6.07) is 18.2. The lowest BCUT2D eigenvalue weighted by molar-refractivity contribution is 0.0252. The number of hydrogen-bond donors (Lipinski definition) is 0. The van der Waals surface area contributed by atoms with E-state index in [4.69, 9.17) is 10.00 Å². The lowest BCUT2D eigenvalue weighted by Crippen LogP contribution is -2.23. The lowest BCUT2D eigenvalue weighted by atomic mass is 10.1. The van der Waals surface area contributed by atoms with Gasteiger partial charge in [0.15, 0.2) is 6.23 Å². The molecule has 1 aliphatic rings. The molecule has 4 rings (SSSR count). The van der Waals surface area contributed by atoms with Crippen LogP contribution >= 0.6 is 0 Å². The molecular formula is C21H21N5O. The van der Waals surface area contributed by atoms with Crippen LogP contribution in [-0.2, 0) is 17.8 Å². The maximum absolute atomic E-state index is 8.89. The highest BCUT2D eigenvalue weighted by molar-refractivity contribution is 5.31. The van der Waals surface area contributed by atoms with Gasteiger partial charge in [-0.2, -0.15) is 5.26 Å². The number of aromatic nitrogens is 3. The van der Waals surface area contributed by atoms with E-state index < -0.39 is 0 Å². The van der Waals surface area contributed by atoms with Crippen LogP contribution in [-0.4, -0.2) is 33.0 Å². The molecule has 1 atom stereocenters.